The molecular formula is C17H20BrNO. The van der Waals surface area contributed by atoms with E-state index >= 15 is 0 Å². The number of benzene rings is 2. The van der Waals surface area contributed by atoms with Crippen LogP contribution in [0.3, 0.4) is 0 Å². The van der Waals surface area contributed by atoms with Gasteiger partial charge in [-0.3, -0.25) is 0 Å². The molecule has 0 aromatic heterocycles. The molecule has 0 saturated heterocycles. The molecule has 0 amide bonds. The molecule has 0 heterocycles. The van der Waals surface area contributed by atoms with Gasteiger partial charge in [0.1, 0.15) is 0 Å². The van der Waals surface area contributed by atoms with Crippen molar-refractivity contribution < 1.29 is 5.11 Å². The van der Waals surface area contributed by atoms with Gasteiger partial charge in [-0.2, -0.15) is 0 Å². The molecule has 1 atom stereocenters. The van der Waals surface area contributed by atoms with Crippen molar-refractivity contribution in [1.29, 1.82) is 0 Å². The summed E-state index contributed by atoms with van der Waals surface area (Å²) in [6.07, 6.45) is -0.468. The molecule has 0 aliphatic carbocycles. The largest absolute Gasteiger partial charge is 0.389 e. The zero-order valence-electron chi connectivity index (χ0n) is 12.3. The third kappa shape index (κ3) is 3.22. The molecule has 2 rings (SSSR count). The molecule has 0 saturated carbocycles. The minimum Gasteiger partial charge on any atom is -0.389 e. The van der Waals surface area contributed by atoms with Crippen molar-refractivity contribution in [3.05, 3.63) is 57.6 Å². The van der Waals surface area contributed by atoms with Gasteiger partial charge in [0.05, 0.1) is 6.10 Å². The van der Waals surface area contributed by atoms with E-state index in [2.05, 4.69) is 59.9 Å². The number of anilines is 2. The first kappa shape index (κ1) is 15.1. The maximum atomic E-state index is 9.68. The number of hydrogen-bond donors (Lipinski definition) is 1. The SMILES string of the molecule is Cc1cc(C)cc(N(C)c2ccc([C@@H](C)O)c(Br)c2)c1. The smallest absolute Gasteiger partial charge is 0.0772 e. The van der Waals surface area contributed by atoms with Crippen LogP contribution in [0.5, 0.6) is 0 Å². The molecule has 2 aromatic rings. The number of aliphatic hydroxyl groups is 1. The Morgan fingerprint density at radius 1 is 1.00 bits per heavy atom. The third-order valence-electron chi connectivity index (χ3n) is 3.42. The molecule has 0 bridgehead atoms. The van der Waals surface area contributed by atoms with Gasteiger partial charge in [-0.25, -0.2) is 0 Å². The molecule has 0 spiro atoms. The Labute approximate surface area is 129 Å². The second kappa shape index (κ2) is 5.98. The Hall–Kier alpha value is -1.32. The van der Waals surface area contributed by atoms with Gasteiger partial charge in [0.25, 0.3) is 0 Å². The van der Waals surface area contributed by atoms with Crippen LogP contribution in [0.1, 0.15) is 29.7 Å². The summed E-state index contributed by atoms with van der Waals surface area (Å²) in [7, 11) is 2.05. The van der Waals surface area contributed by atoms with Crippen LogP contribution in [0.4, 0.5) is 11.4 Å². The highest BCUT2D eigenvalue weighted by atomic mass is 79.9. The van der Waals surface area contributed by atoms with Crippen LogP contribution >= 0.6 is 15.9 Å². The fourth-order valence-electron chi connectivity index (χ4n) is 2.36. The van der Waals surface area contributed by atoms with Crippen molar-refractivity contribution in [3.63, 3.8) is 0 Å². The number of rotatable bonds is 3. The first-order chi connectivity index (χ1) is 9.38. The van der Waals surface area contributed by atoms with Crippen LogP contribution in [0.25, 0.3) is 0 Å². The Morgan fingerprint density at radius 3 is 2.10 bits per heavy atom. The monoisotopic (exact) mass is 333 g/mol. The Kier molecular flexibility index (Phi) is 4.51. The van der Waals surface area contributed by atoms with Crippen molar-refractivity contribution in [2.24, 2.45) is 0 Å². The van der Waals surface area contributed by atoms with Gasteiger partial charge < -0.3 is 10.0 Å². The molecule has 1 N–H and O–H groups in total. The van der Waals surface area contributed by atoms with Gasteiger partial charge in [0, 0.05) is 22.9 Å². The van der Waals surface area contributed by atoms with Crippen molar-refractivity contribution >= 4 is 27.3 Å². The predicted octanol–water partition coefficient (Wildman–Crippen LogP) is 4.89. The number of aryl methyl sites for hydroxylation is 2. The Morgan fingerprint density at radius 2 is 1.60 bits per heavy atom. The minimum absolute atomic E-state index is 0.468. The molecule has 20 heavy (non-hydrogen) atoms. The highest BCUT2D eigenvalue weighted by Gasteiger charge is 2.10. The molecule has 0 unspecified atom stereocenters. The number of nitrogens with zero attached hydrogens (tertiary/aromatic N) is 1. The highest BCUT2D eigenvalue weighted by molar-refractivity contribution is 9.10. The van der Waals surface area contributed by atoms with E-state index in [1.165, 1.54) is 16.8 Å². The topological polar surface area (TPSA) is 23.5 Å². The summed E-state index contributed by atoms with van der Waals surface area (Å²) < 4.78 is 0.932. The summed E-state index contributed by atoms with van der Waals surface area (Å²) in [5.41, 5.74) is 5.67. The normalized spacial score (nSPS) is 12.3. The van der Waals surface area contributed by atoms with Crippen LogP contribution in [0.15, 0.2) is 40.9 Å². The summed E-state index contributed by atoms with van der Waals surface area (Å²) in [5.74, 6) is 0. The van der Waals surface area contributed by atoms with E-state index in [4.69, 9.17) is 0 Å². The number of hydrogen-bond acceptors (Lipinski definition) is 2. The molecule has 2 aromatic carbocycles. The molecule has 0 aliphatic rings. The molecular weight excluding hydrogens is 314 g/mol. The van der Waals surface area contributed by atoms with Gasteiger partial charge in [-0.15, -0.1) is 0 Å². The van der Waals surface area contributed by atoms with E-state index in [0.717, 1.165) is 15.7 Å². The average molecular weight is 334 g/mol. The molecule has 106 valence electrons. The quantitative estimate of drug-likeness (QED) is 0.864. The van der Waals surface area contributed by atoms with E-state index in [1.54, 1.807) is 6.92 Å². The zero-order chi connectivity index (χ0) is 14.9. The maximum Gasteiger partial charge on any atom is 0.0772 e. The van der Waals surface area contributed by atoms with Crippen molar-refractivity contribution in [2.75, 3.05) is 11.9 Å². The molecule has 3 heteroatoms. The standard InChI is InChI=1S/C17H20BrNO/c1-11-7-12(2)9-15(8-11)19(4)14-5-6-16(13(3)20)17(18)10-14/h5-10,13,20H,1-4H3/t13-/m1/s1. The molecule has 0 radical (unpaired) electrons. The lowest BCUT2D eigenvalue weighted by molar-refractivity contribution is 0.198. The average Bonchev–Trinajstić information content (AvgIpc) is 2.36. The summed E-state index contributed by atoms with van der Waals surface area (Å²) in [4.78, 5) is 2.15. The minimum atomic E-state index is -0.468. The molecule has 0 fully saturated rings. The molecule has 0 aliphatic heterocycles. The van der Waals surface area contributed by atoms with Crippen LogP contribution in [-0.4, -0.2) is 12.2 Å². The lowest BCUT2D eigenvalue weighted by Crippen LogP contribution is -2.10. The van der Waals surface area contributed by atoms with E-state index in [0.29, 0.717) is 0 Å². The van der Waals surface area contributed by atoms with Crippen LogP contribution < -0.4 is 4.90 Å². The van der Waals surface area contributed by atoms with Crippen molar-refractivity contribution in [2.45, 2.75) is 26.9 Å². The predicted molar refractivity (Wildman–Crippen MR) is 88.8 cm³/mol. The highest BCUT2D eigenvalue weighted by Crippen LogP contribution is 2.31. The maximum absolute atomic E-state index is 9.68. The van der Waals surface area contributed by atoms with E-state index in [1.807, 2.05) is 18.2 Å². The van der Waals surface area contributed by atoms with Gasteiger partial charge in [-0.05, 0) is 61.7 Å². The first-order valence-electron chi connectivity index (χ1n) is 6.68. The summed E-state index contributed by atoms with van der Waals surface area (Å²) in [5, 5.41) is 9.68. The van der Waals surface area contributed by atoms with E-state index in [-0.39, 0.29) is 0 Å². The number of aliphatic hydroxyl groups excluding tert-OH is 1. The summed E-state index contributed by atoms with van der Waals surface area (Å²) in [6.45, 7) is 5.99. The fourth-order valence-corrected chi connectivity index (χ4v) is 3.05. The molecule has 2 nitrogen and oxygen atoms in total. The Bertz CT molecular complexity index is 602. The van der Waals surface area contributed by atoms with Crippen LogP contribution in [0, 0.1) is 13.8 Å². The fraction of sp³-hybridized carbons (Fsp3) is 0.294. The van der Waals surface area contributed by atoms with E-state index in [9.17, 15) is 5.11 Å². The van der Waals surface area contributed by atoms with Crippen molar-refractivity contribution in [3.8, 4) is 0 Å². The summed E-state index contributed by atoms with van der Waals surface area (Å²) in [6, 6.07) is 12.5. The van der Waals surface area contributed by atoms with Crippen LogP contribution in [0.2, 0.25) is 0 Å². The number of halogens is 1. The second-order valence-electron chi connectivity index (χ2n) is 5.29. The Balaban J connectivity index is 2.38. The van der Waals surface area contributed by atoms with E-state index < -0.39 is 6.10 Å². The van der Waals surface area contributed by atoms with Crippen LogP contribution in [-0.2, 0) is 0 Å². The van der Waals surface area contributed by atoms with Gasteiger partial charge in [0.2, 0.25) is 0 Å². The second-order valence-corrected chi connectivity index (χ2v) is 6.14. The van der Waals surface area contributed by atoms with Gasteiger partial charge >= 0.3 is 0 Å². The lowest BCUT2D eigenvalue weighted by Gasteiger charge is -2.22. The van der Waals surface area contributed by atoms with Gasteiger partial charge in [-0.1, -0.05) is 28.1 Å². The zero-order valence-corrected chi connectivity index (χ0v) is 13.9. The summed E-state index contributed by atoms with van der Waals surface area (Å²) >= 11 is 3.53. The lowest BCUT2D eigenvalue weighted by atomic mass is 10.1. The first-order valence-corrected chi connectivity index (χ1v) is 7.47. The third-order valence-corrected chi connectivity index (χ3v) is 4.10. The van der Waals surface area contributed by atoms with Crippen molar-refractivity contribution in [1.82, 2.24) is 0 Å². The van der Waals surface area contributed by atoms with Gasteiger partial charge in [0.15, 0.2) is 0 Å².